The molecule has 1 saturated heterocycles. The lowest BCUT2D eigenvalue weighted by atomic mass is 9.50. The van der Waals surface area contributed by atoms with E-state index in [4.69, 9.17) is 4.74 Å². The number of ether oxygens (including phenoxy) is 1. The Morgan fingerprint density at radius 2 is 1.85 bits per heavy atom. The van der Waals surface area contributed by atoms with Crippen LogP contribution >= 0.6 is 0 Å². The number of allylic oxidation sites excluding steroid dienone is 4. The molecule has 3 aliphatic rings. The normalized spacial score (nSPS) is 31.9. The SMILES string of the molecule is C#C.C/C(=C\C=C\[C@@H]1[C@H]2C(C[C@@H]3CCCCC31C)C(=O)O[C@@H]2C)c1cccc(F)c1.CC.CC. The maximum Gasteiger partial charge on any atom is 0.309 e. The first-order valence-electron chi connectivity index (χ1n) is 13.0. The maximum absolute atomic E-state index is 13.5. The van der Waals surface area contributed by atoms with Crippen LogP contribution in [-0.4, -0.2) is 12.1 Å². The van der Waals surface area contributed by atoms with E-state index in [0.717, 1.165) is 17.6 Å². The van der Waals surface area contributed by atoms with E-state index in [1.54, 1.807) is 12.1 Å². The number of fused-ring (bicyclic) bond motifs is 2. The van der Waals surface area contributed by atoms with Crippen LogP contribution in [0.4, 0.5) is 4.39 Å². The van der Waals surface area contributed by atoms with Crippen LogP contribution < -0.4 is 0 Å². The fourth-order valence-electron chi connectivity index (χ4n) is 6.13. The molecule has 1 aliphatic heterocycles. The number of carbonyl (C=O) groups excluding carboxylic acids is 1. The Hall–Kier alpha value is -2.34. The number of cyclic esters (lactones) is 1. The highest BCUT2D eigenvalue weighted by Crippen LogP contribution is 2.60. The minimum atomic E-state index is -0.211. The van der Waals surface area contributed by atoms with Crippen LogP contribution in [0.3, 0.4) is 0 Å². The van der Waals surface area contributed by atoms with Gasteiger partial charge in [0.05, 0.1) is 5.92 Å². The van der Waals surface area contributed by atoms with Gasteiger partial charge in [-0.1, -0.05) is 77.8 Å². The zero-order chi connectivity index (χ0) is 25.9. The predicted molar refractivity (Wildman–Crippen MR) is 142 cm³/mol. The van der Waals surface area contributed by atoms with E-state index in [2.05, 4.69) is 44.9 Å². The average Bonchev–Trinajstić information content (AvgIpc) is 3.15. The van der Waals surface area contributed by atoms with Crippen molar-refractivity contribution in [1.29, 1.82) is 0 Å². The first-order valence-corrected chi connectivity index (χ1v) is 13.0. The van der Waals surface area contributed by atoms with Gasteiger partial charge in [-0.3, -0.25) is 4.79 Å². The molecule has 4 rings (SSSR count). The van der Waals surface area contributed by atoms with Crippen molar-refractivity contribution in [2.24, 2.45) is 29.1 Å². The summed E-state index contributed by atoms with van der Waals surface area (Å²) < 4.78 is 19.2. The van der Waals surface area contributed by atoms with Gasteiger partial charge < -0.3 is 4.74 Å². The van der Waals surface area contributed by atoms with Gasteiger partial charge in [0.25, 0.3) is 0 Å². The number of benzene rings is 1. The van der Waals surface area contributed by atoms with Gasteiger partial charge in [-0.25, -0.2) is 4.39 Å². The molecule has 3 fully saturated rings. The fourth-order valence-corrected chi connectivity index (χ4v) is 6.13. The van der Waals surface area contributed by atoms with Crippen LogP contribution in [0.5, 0.6) is 0 Å². The van der Waals surface area contributed by atoms with Gasteiger partial charge in [-0.15, -0.1) is 12.8 Å². The third-order valence-electron chi connectivity index (χ3n) is 7.72. The quantitative estimate of drug-likeness (QED) is 0.252. The molecule has 6 atom stereocenters. The highest BCUT2D eigenvalue weighted by atomic mass is 19.1. The van der Waals surface area contributed by atoms with E-state index in [-0.39, 0.29) is 35.1 Å². The molecule has 34 heavy (non-hydrogen) atoms. The van der Waals surface area contributed by atoms with Crippen molar-refractivity contribution in [3.63, 3.8) is 0 Å². The summed E-state index contributed by atoms with van der Waals surface area (Å²) in [5.41, 5.74) is 2.18. The van der Waals surface area contributed by atoms with Crippen molar-refractivity contribution in [3.05, 3.63) is 53.9 Å². The second-order valence-corrected chi connectivity index (χ2v) is 9.28. The smallest absolute Gasteiger partial charge is 0.309 e. The predicted octanol–water partition coefficient (Wildman–Crippen LogP) is 8.48. The molecule has 1 aromatic rings. The van der Waals surface area contributed by atoms with Gasteiger partial charge in [0.2, 0.25) is 0 Å². The second-order valence-electron chi connectivity index (χ2n) is 9.28. The number of hydrogen-bond acceptors (Lipinski definition) is 2. The van der Waals surface area contributed by atoms with E-state index in [1.165, 1.54) is 31.7 Å². The van der Waals surface area contributed by atoms with Crippen LogP contribution in [0.2, 0.25) is 0 Å². The van der Waals surface area contributed by atoms with Gasteiger partial charge in [0.15, 0.2) is 0 Å². The van der Waals surface area contributed by atoms with Crippen LogP contribution in [-0.2, 0) is 9.53 Å². The van der Waals surface area contributed by atoms with Crippen molar-refractivity contribution < 1.29 is 13.9 Å². The van der Waals surface area contributed by atoms with Crippen LogP contribution in [0.1, 0.15) is 86.1 Å². The van der Waals surface area contributed by atoms with E-state index in [1.807, 2.05) is 40.7 Å². The van der Waals surface area contributed by atoms with E-state index in [9.17, 15) is 9.18 Å². The number of carbonyl (C=O) groups is 1. The molecule has 1 aromatic carbocycles. The Balaban J connectivity index is 0.000000894. The minimum Gasteiger partial charge on any atom is -0.462 e. The summed E-state index contributed by atoms with van der Waals surface area (Å²) in [7, 11) is 0. The molecule has 0 N–H and O–H groups in total. The molecule has 0 aromatic heterocycles. The molecular weight excluding hydrogens is 423 g/mol. The van der Waals surface area contributed by atoms with Crippen molar-refractivity contribution in [1.82, 2.24) is 0 Å². The molecular formula is C31H45FO2. The highest BCUT2D eigenvalue weighted by Gasteiger charge is 2.58. The summed E-state index contributed by atoms with van der Waals surface area (Å²) in [6, 6.07) is 6.72. The van der Waals surface area contributed by atoms with Crippen LogP contribution in [0.25, 0.3) is 5.57 Å². The molecule has 0 amide bonds. The number of rotatable bonds is 3. The van der Waals surface area contributed by atoms with Gasteiger partial charge in [0, 0.05) is 5.92 Å². The third kappa shape index (κ3) is 6.41. The first-order chi connectivity index (χ1) is 16.4. The molecule has 2 unspecified atom stereocenters. The summed E-state index contributed by atoms with van der Waals surface area (Å²) in [5, 5.41) is 0. The lowest BCUT2D eigenvalue weighted by molar-refractivity contribution is -0.144. The maximum atomic E-state index is 13.5. The molecule has 2 nitrogen and oxygen atoms in total. The second kappa shape index (κ2) is 14.1. The summed E-state index contributed by atoms with van der Waals surface area (Å²) in [6.45, 7) is 14.5. The fraction of sp³-hybridized carbons (Fsp3) is 0.581. The average molecular weight is 469 g/mol. The summed E-state index contributed by atoms with van der Waals surface area (Å²) in [5.74, 6) is 1.06. The molecule has 1 heterocycles. The van der Waals surface area contributed by atoms with Gasteiger partial charge in [0.1, 0.15) is 11.9 Å². The Morgan fingerprint density at radius 3 is 2.50 bits per heavy atom. The number of halogens is 1. The van der Waals surface area contributed by atoms with Crippen molar-refractivity contribution in [2.75, 3.05) is 0 Å². The van der Waals surface area contributed by atoms with Crippen molar-refractivity contribution >= 4 is 11.5 Å². The van der Waals surface area contributed by atoms with E-state index in [0.29, 0.717) is 11.8 Å². The standard InChI is InChI=1S/C25H31FO2.2C2H6.C2H2/c1-16(18-9-7-11-20(26)14-18)8-6-12-22-23-17(2)28-24(27)21(23)15-19-10-4-5-13-25(19,22)3;3*1-2/h6-9,11-12,14,17,19,21-23H,4-5,10,13,15H2,1-3H3;2*1-2H3;1-2H/b12-6+,16-8+;;;/t17-,19+,21?,22-,23-,25?;;;/m1.../s1. The lowest BCUT2D eigenvalue weighted by Crippen LogP contribution is -2.49. The van der Waals surface area contributed by atoms with Gasteiger partial charge in [-0.2, -0.15) is 0 Å². The number of esters is 1. The largest absolute Gasteiger partial charge is 0.462 e. The zero-order valence-corrected chi connectivity index (χ0v) is 22.3. The Bertz CT molecular complexity index is 852. The Morgan fingerprint density at radius 1 is 1.18 bits per heavy atom. The summed E-state index contributed by atoms with van der Waals surface area (Å²) >= 11 is 0. The molecule has 0 spiro atoms. The first kappa shape index (κ1) is 29.7. The molecule has 3 heteroatoms. The minimum absolute atomic E-state index is 0.00927. The third-order valence-corrected chi connectivity index (χ3v) is 7.72. The van der Waals surface area contributed by atoms with Crippen molar-refractivity contribution in [3.8, 4) is 12.8 Å². The topological polar surface area (TPSA) is 26.3 Å². The molecule has 2 aliphatic carbocycles. The summed E-state index contributed by atoms with van der Waals surface area (Å²) in [6.07, 6.45) is 20.5. The van der Waals surface area contributed by atoms with E-state index >= 15 is 0 Å². The monoisotopic (exact) mass is 468 g/mol. The summed E-state index contributed by atoms with van der Waals surface area (Å²) in [4.78, 5) is 12.4. The van der Waals surface area contributed by atoms with Crippen LogP contribution in [0, 0.1) is 47.8 Å². The molecule has 0 bridgehead atoms. The van der Waals surface area contributed by atoms with Crippen molar-refractivity contribution in [2.45, 2.75) is 86.7 Å². The zero-order valence-electron chi connectivity index (χ0n) is 22.3. The lowest BCUT2D eigenvalue weighted by Gasteiger charge is -2.53. The Kier molecular flexibility index (Phi) is 12.4. The number of terminal acetylenes is 1. The van der Waals surface area contributed by atoms with Crippen LogP contribution in [0.15, 0.2) is 42.5 Å². The molecule has 0 radical (unpaired) electrons. The van der Waals surface area contributed by atoms with Gasteiger partial charge >= 0.3 is 5.97 Å². The highest BCUT2D eigenvalue weighted by molar-refractivity contribution is 5.75. The van der Waals surface area contributed by atoms with Gasteiger partial charge in [-0.05, 0) is 73.6 Å². The molecule has 188 valence electrons. The molecule has 2 saturated carbocycles. The van der Waals surface area contributed by atoms with E-state index < -0.39 is 0 Å². The Labute approximate surface area is 208 Å². The number of hydrogen-bond donors (Lipinski definition) is 0.